The topological polar surface area (TPSA) is 18.5 Å². The Balaban J connectivity index is 3.02. The highest BCUT2D eigenvalue weighted by Crippen LogP contribution is 2.22. The third-order valence-corrected chi connectivity index (χ3v) is 1.44. The van der Waals surface area contributed by atoms with E-state index in [2.05, 4.69) is 0 Å². The molecule has 0 unspecified atom stereocenters. The normalized spacial score (nSPS) is 9.36. The van der Waals surface area contributed by atoms with Gasteiger partial charge in [-0.15, -0.1) is 0 Å². The zero-order valence-electron chi connectivity index (χ0n) is 6.63. The summed E-state index contributed by atoms with van der Waals surface area (Å²) in [4.78, 5) is 0. The standard InChI is InChI=1S/C9H10O2/c1-7-4-5-8(10-2)6-9(7)11-3/h1,4-6H,2-3H3. The van der Waals surface area contributed by atoms with Crippen LogP contribution >= 0.6 is 0 Å². The number of hydrogen-bond donors (Lipinski definition) is 0. The smallest absolute Gasteiger partial charge is 0.126 e. The molecule has 0 amide bonds. The van der Waals surface area contributed by atoms with E-state index >= 15 is 0 Å². The molecule has 0 aliphatic rings. The van der Waals surface area contributed by atoms with Gasteiger partial charge in [-0.3, -0.25) is 0 Å². The summed E-state index contributed by atoms with van der Waals surface area (Å²) in [6.07, 6.45) is 0. The van der Waals surface area contributed by atoms with Gasteiger partial charge >= 0.3 is 0 Å². The second-order valence-corrected chi connectivity index (χ2v) is 2.11. The molecule has 0 aliphatic heterocycles. The first-order valence-electron chi connectivity index (χ1n) is 3.25. The van der Waals surface area contributed by atoms with Crippen molar-refractivity contribution < 1.29 is 9.47 Å². The maximum atomic E-state index is 5.57. The lowest BCUT2D eigenvalue weighted by Gasteiger charge is -2.05. The summed E-state index contributed by atoms with van der Waals surface area (Å²) in [6.45, 7) is 5.57. The van der Waals surface area contributed by atoms with Gasteiger partial charge in [-0.05, 0) is 11.6 Å². The molecule has 0 aromatic heterocycles. The van der Waals surface area contributed by atoms with Crippen LogP contribution in [0.1, 0.15) is 5.56 Å². The molecule has 1 aromatic carbocycles. The highest BCUT2D eigenvalue weighted by molar-refractivity contribution is 5.42. The van der Waals surface area contributed by atoms with Gasteiger partial charge in [0.1, 0.15) is 11.5 Å². The molecule has 0 heterocycles. The molecule has 2 nitrogen and oxygen atoms in total. The van der Waals surface area contributed by atoms with Crippen LogP contribution in [0.4, 0.5) is 0 Å². The van der Waals surface area contributed by atoms with Gasteiger partial charge < -0.3 is 9.47 Å². The molecular weight excluding hydrogens is 140 g/mol. The Morgan fingerprint density at radius 2 is 1.91 bits per heavy atom. The van der Waals surface area contributed by atoms with Gasteiger partial charge in [-0.1, -0.05) is 6.07 Å². The van der Waals surface area contributed by atoms with Gasteiger partial charge in [-0.2, -0.15) is 0 Å². The number of ether oxygens (including phenoxy) is 2. The molecule has 0 atom stereocenters. The summed E-state index contributed by atoms with van der Waals surface area (Å²) in [5.41, 5.74) is 0.619. The Morgan fingerprint density at radius 3 is 2.45 bits per heavy atom. The average molecular weight is 150 g/mol. The molecule has 0 saturated heterocycles. The first-order chi connectivity index (χ1) is 5.27. The fourth-order valence-corrected chi connectivity index (χ4v) is 0.818. The van der Waals surface area contributed by atoms with Crippen LogP contribution in [0, 0.1) is 6.92 Å². The Bertz CT molecular complexity index is 243. The quantitative estimate of drug-likeness (QED) is 0.639. The largest absolute Gasteiger partial charge is 0.497 e. The summed E-state index contributed by atoms with van der Waals surface area (Å²) < 4.78 is 9.96. The van der Waals surface area contributed by atoms with Crippen LogP contribution in [0.15, 0.2) is 18.2 Å². The molecular formula is C9H10O2. The van der Waals surface area contributed by atoms with Crippen molar-refractivity contribution in [1.82, 2.24) is 0 Å². The third-order valence-electron chi connectivity index (χ3n) is 1.44. The summed E-state index contributed by atoms with van der Waals surface area (Å²) in [6, 6.07) is 5.28. The van der Waals surface area contributed by atoms with Crippen molar-refractivity contribution in [3.05, 3.63) is 30.7 Å². The van der Waals surface area contributed by atoms with Gasteiger partial charge in [0.15, 0.2) is 0 Å². The van der Waals surface area contributed by atoms with Gasteiger partial charge in [0.25, 0.3) is 0 Å². The summed E-state index contributed by atoms with van der Waals surface area (Å²) in [7, 11) is 3.18. The van der Waals surface area contributed by atoms with Crippen LogP contribution in [0.25, 0.3) is 0 Å². The zero-order chi connectivity index (χ0) is 8.27. The Kier molecular flexibility index (Phi) is 2.36. The number of hydrogen-bond acceptors (Lipinski definition) is 2. The lowest BCUT2D eigenvalue weighted by Crippen LogP contribution is -1.88. The molecule has 58 valence electrons. The van der Waals surface area contributed by atoms with E-state index in [9.17, 15) is 0 Å². The van der Waals surface area contributed by atoms with Crippen molar-refractivity contribution in [2.45, 2.75) is 0 Å². The minimum absolute atomic E-state index is 0.619. The van der Waals surface area contributed by atoms with Crippen molar-refractivity contribution >= 4 is 0 Å². The first kappa shape index (κ1) is 7.92. The molecule has 2 heteroatoms. The molecule has 0 saturated carbocycles. The molecule has 0 N–H and O–H groups in total. The minimum Gasteiger partial charge on any atom is -0.497 e. The lowest BCUT2D eigenvalue weighted by molar-refractivity contribution is 0.393. The maximum Gasteiger partial charge on any atom is 0.126 e. The number of rotatable bonds is 2. The molecule has 1 rings (SSSR count). The molecule has 1 aromatic rings. The second-order valence-electron chi connectivity index (χ2n) is 2.11. The van der Waals surface area contributed by atoms with Crippen LogP contribution in [0.3, 0.4) is 0 Å². The summed E-state index contributed by atoms with van der Waals surface area (Å²) in [5.74, 6) is 1.39. The van der Waals surface area contributed by atoms with Crippen LogP contribution < -0.4 is 9.47 Å². The summed E-state index contributed by atoms with van der Waals surface area (Å²) >= 11 is 0. The fourth-order valence-electron chi connectivity index (χ4n) is 0.818. The van der Waals surface area contributed by atoms with Crippen LogP contribution in [-0.4, -0.2) is 14.2 Å². The van der Waals surface area contributed by atoms with Crippen molar-refractivity contribution in [2.75, 3.05) is 14.2 Å². The predicted octanol–water partition coefficient (Wildman–Crippen LogP) is 1.76. The van der Waals surface area contributed by atoms with Gasteiger partial charge in [0.2, 0.25) is 0 Å². The fraction of sp³-hybridized carbons (Fsp3) is 0.222. The predicted molar refractivity (Wildman–Crippen MR) is 42.9 cm³/mol. The number of methoxy groups -OCH3 is 2. The van der Waals surface area contributed by atoms with Crippen molar-refractivity contribution in [3.63, 3.8) is 0 Å². The Morgan fingerprint density at radius 1 is 1.18 bits per heavy atom. The molecule has 0 spiro atoms. The minimum atomic E-state index is 0.619. The van der Waals surface area contributed by atoms with E-state index in [1.807, 2.05) is 0 Å². The monoisotopic (exact) mass is 150 g/mol. The molecule has 2 radical (unpaired) electrons. The third kappa shape index (κ3) is 1.64. The molecule has 11 heavy (non-hydrogen) atoms. The molecule has 0 aliphatic carbocycles. The van der Waals surface area contributed by atoms with Crippen LogP contribution in [-0.2, 0) is 0 Å². The Hall–Kier alpha value is -1.18. The van der Waals surface area contributed by atoms with E-state index in [4.69, 9.17) is 16.4 Å². The van der Waals surface area contributed by atoms with E-state index in [-0.39, 0.29) is 0 Å². The van der Waals surface area contributed by atoms with Crippen molar-refractivity contribution in [1.29, 1.82) is 0 Å². The highest BCUT2D eigenvalue weighted by atomic mass is 16.5. The Labute approximate surface area is 66.8 Å². The number of benzene rings is 1. The SMILES string of the molecule is [CH]c1ccc(OC)cc1OC. The second kappa shape index (κ2) is 3.28. The molecule has 0 bridgehead atoms. The average Bonchev–Trinajstić information content (AvgIpc) is 2.05. The van der Waals surface area contributed by atoms with E-state index in [0.717, 1.165) is 5.75 Å². The van der Waals surface area contributed by atoms with Gasteiger partial charge in [0, 0.05) is 13.0 Å². The van der Waals surface area contributed by atoms with E-state index < -0.39 is 0 Å². The van der Waals surface area contributed by atoms with E-state index in [0.29, 0.717) is 11.3 Å². The van der Waals surface area contributed by atoms with Crippen molar-refractivity contribution in [3.8, 4) is 11.5 Å². The van der Waals surface area contributed by atoms with Crippen LogP contribution in [0.5, 0.6) is 11.5 Å². The highest BCUT2D eigenvalue weighted by Gasteiger charge is 1.98. The van der Waals surface area contributed by atoms with Crippen LogP contribution in [0.2, 0.25) is 0 Å². The van der Waals surface area contributed by atoms with Gasteiger partial charge in [-0.25, -0.2) is 0 Å². The van der Waals surface area contributed by atoms with Crippen molar-refractivity contribution in [2.24, 2.45) is 0 Å². The maximum absolute atomic E-state index is 5.57. The summed E-state index contributed by atoms with van der Waals surface area (Å²) in [5, 5.41) is 0. The first-order valence-corrected chi connectivity index (χ1v) is 3.25. The zero-order valence-corrected chi connectivity index (χ0v) is 6.63. The lowest BCUT2D eigenvalue weighted by atomic mass is 10.2. The van der Waals surface area contributed by atoms with E-state index in [1.54, 1.807) is 32.4 Å². The molecule has 0 fully saturated rings. The van der Waals surface area contributed by atoms with E-state index in [1.165, 1.54) is 0 Å². The van der Waals surface area contributed by atoms with Gasteiger partial charge in [0.05, 0.1) is 14.2 Å².